The second-order valence-electron chi connectivity index (χ2n) is 8.32. The number of nitrogens with one attached hydrogen (secondary N) is 1. The lowest BCUT2D eigenvalue weighted by Crippen LogP contribution is -2.45. The average Bonchev–Trinajstić information content (AvgIpc) is 3.00. The highest BCUT2D eigenvalue weighted by molar-refractivity contribution is 9.10. The van der Waals surface area contributed by atoms with Gasteiger partial charge in [0.2, 0.25) is 0 Å². The number of nitrogens with zero attached hydrogens (tertiary/aromatic N) is 6. The molecule has 4 heterocycles. The van der Waals surface area contributed by atoms with Gasteiger partial charge in [0.05, 0.1) is 24.5 Å². The molecule has 0 saturated carbocycles. The lowest BCUT2D eigenvalue weighted by molar-refractivity contribution is -0.152. The van der Waals surface area contributed by atoms with Crippen LogP contribution in [0.4, 0.5) is 14.9 Å². The van der Waals surface area contributed by atoms with Crippen LogP contribution in [0, 0.1) is 5.82 Å². The second kappa shape index (κ2) is 8.75. The number of pyridine rings is 1. The first-order valence-electron chi connectivity index (χ1n) is 10.2. The van der Waals surface area contributed by atoms with Crippen molar-refractivity contribution < 1.29 is 18.8 Å². The summed E-state index contributed by atoms with van der Waals surface area (Å²) in [5, 5.41) is 8.53. The molecule has 2 aliphatic heterocycles. The fraction of sp³-hybridized carbons (Fsp3) is 0.500. The van der Waals surface area contributed by atoms with E-state index in [1.54, 1.807) is 16.6 Å². The van der Waals surface area contributed by atoms with E-state index in [9.17, 15) is 14.0 Å². The van der Waals surface area contributed by atoms with E-state index in [1.165, 1.54) is 17.3 Å². The third kappa shape index (κ3) is 4.21. The molecular formula is C20H25BrFN7O3. The smallest absolute Gasteiger partial charge is 0.317 e. The number of aromatic nitrogens is 3. The Bertz CT molecular complexity index is 1060. The van der Waals surface area contributed by atoms with Gasteiger partial charge in [0.25, 0.3) is 5.91 Å². The van der Waals surface area contributed by atoms with Gasteiger partial charge in [-0.1, -0.05) is 0 Å². The summed E-state index contributed by atoms with van der Waals surface area (Å²) in [7, 11) is 5.46. The lowest BCUT2D eigenvalue weighted by atomic mass is 9.99. The minimum absolute atomic E-state index is 0.0205. The van der Waals surface area contributed by atoms with Crippen LogP contribution in [0.3, 0.4) is 0 Å². The number of amides is 3. The summed E-state index contributed by atoms with van der Waals surface area (Å²) in [5.74, 6) is -0.953. The number of anilines is 1. The Labute approximate surface area is 193 Å². The predicted molar refractivity (Wildman–Crippen MR) is 117 cm³/mol. The fourth-order valence-corrected chi connectivity index (χ4v) is 4.42. The van der Waals surface area contributed by atoms with Crippen LogP contribution in [0.25, 0.3) is 0 Å². The van der Waals surface area contributed by atoms with Crippen molar-refractivity contribution in [3.8, 4) is 0 Å². The molecule has 0 aliphatic carbocycles. The maximum atomic E-state index is 14.3. The van der Waals surface area contributed by atoms with Crippen molar-refractivity contribution in [1.29, 1.82) is 0 Å². The number of likely N-dealkylation sites (N-methyl/N-ethyl adjacent to an activating group) is 1. The van der Waals surface area contributed by atoms with Gasteiger partial charge in [-0.15, -0.1) is 0 Å². The van der Waals surface area contributed by atoms with E-state index >= 15 is 0 Å². The Morgan fingerprint density at radius 3 is 2.91 bits per heavy atom. The van der Waals surface area contributed by atoms with Crippen molar-refractivity contribution in [2.45, 2.75) is 38.6 Å². The molecule has 172 valence electrons. The number of carbonyl (C=O) groups is 2. The van der Waals surface area contributed by atoms with Crippen LogP contribution in [0.5, 0.6) is 0 Å². The molecular weight excluding hydrogens is 485 g/mol. The van der Waals surface area contributed by atoms with E-state index < -0.39 is 11.8 Å². The highest BCUT2D eigenvalue weighted by Gasteiger charge is 2.37. The summed E-state index contributed by atoms with van der Waals surface area (Å²) in [4.78, 5) is 39.2. The van der Waals surface area contributed by atoms with E-state index in [0.29, 0.717) is 30.8 Å². The summed E-state index contributed by atoms with van der Waals surface area (Å²) >= 11 is 3.02. The molecule has 4 rings (SSSR count). The van der Waals surface area contributed by atoms with Crippen LogP contribution in [0.1, 0.15) is 28.7 Å². The summed E-state index contributed by atoms with van der Waals surface area (Å²) in [6.45, 7) is 3.13. The Kier molecular flexibility index (Phi) is 6.19. The van der Waals surface area contributed by atoms with Crippen molar-refractivity contribution in [3.63, 3.8) is 0 Å². The molecule has 0 fully saturated rings. The van der Waals surface area contributed by atoms with Crippen LogP contribution >= 0.6 is 15.9 Å². The normalized spacial score (nSPS) is 20.8. The predicted octanol–water partition coefficient (Wildman–Crippen LogP) is 2.11. The fourth-order valence-electron chi connectivity index (χ4n) is 4.09. The highest BCUT2D eigenvalue weighted by Crippen LogP contribution is 2.29. The third-order valence-corrected chi connectivity index (χ3v) is 6.13. The lowest BCUT2D eigenvalue weighted by Gasteiger charge is -2.33. The van der Waals surface area contributed by atoms with E-state index in [0.717, 1.165) is 5.69 Å². The average molecular weight is 510 g/mol. The van der Waals surface area contributed by atoms with Crippen molar-refractivity contribution in [2.24, 2.45) is 0 Å². The van der Waals surface area contributed by atoms with Gasteiger partial charge in [-0.3, -0.25) is 14.3 Å². The number of hydrogen-bond acceptors (Lipinski definition) is 6. The number of carbonyl (C=O) groups excluding carboxylic acids is 2. The zero-order valence-electron chi connectivity index (χ0n) is 18.3. The molecule has 32 heavy (non-hydrogen) atoms. The number of fused-ring (bicyclic) bond motifs is 3. The van der Waals surface area contributed by atoms with Gasteiger partial charge in [-0.2, -0.15) is 5.10 Å². The van der Waals surface area contributed by atoms with Crippen molar-refractivity contribution in [2.75, 3.05) is 33.0 Å². The number of hydroxylamine groups is 2. The second-order valence-corrected chi connectivity index (χ2v) is 9.07. The van der Waals surface area contributed by atoms with Gasteiger partial charge < -0.3 is 15.1 Å². The van der Waals surface area contributed by atoms with E-state index in [1.807, 2.05) is 25.9 Å². The zero-order chi connectivity index (χ0) is 23.2. The van der Waals surface area contributed by atoms with Gasteiger partial charge in [0.1, 0.15) is 16.4 Å². The molecule has 12 heteroatoms. The standard InChI is InChI=1S/C20H25BrFN7O3/c1-11-7-15-13(10-28(11)20(31)24-14-5-6-23-18(21)16(14)22)17-19(30)27(4)32-12(8-26(2)3)9-29(17)25-15/h5-6,11-12H,7-10H2,1-4H3,(H,23,24,31)/t11-,12-/m1/s1. The highest BCUT2D eigenvalue weighted by atomic mass is 79.9. The third-order valence-electron chi connectivity index (χ3n) is 5.57. The molecule has 10 nitrogen and oxygen atoms in total. The van der Waals surface area contributed by atoms with E-state index in [2.05, 4.69) is 31.3 Å². The molecule has 3 amide bonds. The van der Waals surface area contributed by atoms with E-state index in [-0.39, 0.29) is 34.9 Å². The zero-order valence-corrected chi connectivity index (χ0v) is 19.9. The maximum absolute atomic E-state index is 14.3. The van der Waals surface area contributed by atoms with Crippen LogP contribution in [0.15, 0.2) is 16.9 Å². The molecule has 1 N–H and O–H groups in total. The number of hydrogen-bond donors (Lipinski definition) is 1. The molecule has 0 bridgehead atoms. The molecule has 2 aromatic heterocycles. The molecule has 0 aromatic carbocycles. The van der Waals surface area contributed by atoms with Gasteiger partial charge >= 0.3 is 6.03 Å². The molecule has 2 atom stereocenters. The van der Waals surface area contributed by atoms with Gasteiger partial charge in [-0.05, 0) is 43.0 Å². The SMILES string of the molecule is C[C@@H]1Cc2nn3c(c2CN1C(=O)Nc1ccnc(Br)c1F)C(=O)N(C)O[C@H](CN(C)C)C3. The number of rotatable bonds is 3. The van der Waals surface area contributed by atoms with Crippen molar-refractivity contribution in [1.82, 2.24) is 29.6 Å². The molecule has 0 radical (unpaired) electrons. The topological polar surface area (TPSA) is 95.8 Å². The van der Waals surface area contributed by atoms with Crippen LogP contribution < -0.4 is 5.32 Å². The van der Waals surface area contributed by atoms with Crippen molar-refractivity contribution in [3.05, 3.63) is 39.6 Å². The molecule has 2 aliphatic rings. The molecule has 0 unspecified atom stereocenters. The van der Waals surface area contributed by atoms with E-state index in [4.69, 9.17) is 4.84 Å². The molecule has 0 spiro atoms. The largest absolute Gasteiger partial charge is 0.322 e. The first kappa shape index (κ1) is 22.6. The first-order valence-corrected chi connectivity index (χ1v) is 11.0. The van der Waals surface area contributed by atoms with Gasteiger partial charge in [0.15, 0.2) is 5.82 Å². The Morgan fingerprint density at radius 2 is 2.19 bits per heavy atom. The monoisotopic (exact) mass is 509 g/mol. The minimum atomic E-state index is -0.647. The number of urea groups is 1. The maximum Gasteiger partial charge on any atom is 0.322 e. The Morgan fingerprint density at radius 1 is 1.44 bits per heavy atom. The van der Waals surface area contributed by atoms with Gasteiger partial charge in [0, 0.05) is 37.8 Å². The first-order chi connectivity index (χ1) is 15.2. The van der Waals surface area contributed by atoms with Crippen LogP contribution in [-0.2, 0) is 24.3 Å². The Hall–Kier alpha value is -2.57. The summed E-state index contributed by atoms with van der Waals surface area (Å²) in [5.41, 5.74) is 1.94. The minimum Gasteiger partial charge on any atom is -0.317 e. The van der Waals surface area contributed by atoms with Crippen molar-refractivity contribution >= 4 is 33.6 Å². The van der Waals surface area contributed by atoms with Gasteiger partial charge in [-0.25, -0.2) is 19.2 Å². The Balaban J connectivity index is 1.61. The van der Waals surface area contributed by atoms with Crippen LogP contribution in [-0.4, -0.2) is 81.4 Å². The summed E-state index contributed by atoms with van der Waals surface area (Å²) in [6.07, 6.45) is 1.64. The number of halogens is 2. The van der Waals surface area contributed by atoms with Crippen LogP contribution in [0.2, 0.25) is 0 Å². The molecule has 2 aromatic rings. The molecule has 0 saturated heterocycles. The quantitative estimate of drug-likeness (QED) is 0.636. The summed E-state index contributed by atoms with van der Waals surface area (Å²) in [6, 6.07) is 0.748. The summed E-state index contributed by atoms with van der Waals surface area (Å²) < 4.78 is 16.0.